The maximum atomic E-state index is 4.20. The van der Waals surface area contributed by atoms with Crippen LogP contribution in [0.3, 0.4) is 0 Å². The Morgan fingerprint density at radius 2 is 2.47 bits per heavy atom. The van der Waals surface area contributed by atoms with Crippen molar-refractivity contribution in [3.63, 3.8) is 0 Å². The molecule has 76 valence electrons. The Morgan fingerprint density at radius 3 is 3.33 bits per heavy atom. The summed E-state index contributed by atoms with van der Waals surface area (Å²) >= 11 is 0. The first-order valence-corrected chi connectivity index (χ1v) is 4.84. The van der Waals surface area contributed by atoms with Crippen molar-refractivity contribution in [3.8, 4) is 11.8 Å². The van der Waals surface area contributed by atoms with Crippen LogP contribution in [0.4, 0.5) is 0 Å². The van der Waals surface area contributed by atoms with Crippen molar-refractivity contribution in [1.29, 1.82) is 0 Å². The zero-order valence-electron chi connectivity index (χ0n) is 8.57. The lowest BCUT2D eigenvalue weighted by Gasteiger charge is -1.91. The van der Waals surface area contributed by atoms with Gasteiger partial charge in [0.25, 0.3) is 0 Å². The van der Waals surface area contributed by atoms with E-state index >= 15 is 0 Å². The van der Waals surface area contributed by atoms with E-state index < -0.39 is 0 Å². The molecule has 0 bridgehead atoms. The van der Waals surface area contributed by atoms with Gasteiger partial charge >= 0.3 is 0 Å². The van der Waals surface area contributed by atoms with Crippen LogP contribution in [0.15, 0.2) is 24.5 Å². The summed E-state index contributed by atoms with van der Waals surface area (Å²) in [7, 11) is 1.91. The topological polar surface area (TPSA) is 42.2 Å². The van der Waals surface area contributed by atoms with Gasteiger partial charge in [-0.1, -0.05) is 5.92 Å². The fraction of sp³-hybridized carbons (Fsp3) is 0.273. The highest BCUT2D eigenvalue weighted by molar-refractivity contribution is 5.42. The van der Waals surface area contributed by atoms with Gasteiger partial charge in [-0.15, -0.1) is 0 Å². The molecule has 0 aliphatic heterocycles. The van der Waals surface area contributed by atoms with E-state index in [-0.39, 0.29) is 0 Å². The van der Waals surface area contributed by atoms with Gasteiger partial charge in [0.05, 0.1) is 6.20 Å². The summed E-state index contributed by atoms with van der Waals surface area (Å²) in [6, 6.07) is 3.77. The monoisotopic (exact) mass is 200 g/mol. The minimum atomic E-state index is 0.829. The largest absolute Gasteiger partial charge is 0.319 e. The van der Waals surface area contributed by atoms with Crippen LogP contribution < -0.4 is 5.32 Å². The standard InChI is InChI=1S/C11H12N4/c1-12-7-3-2-5-10-9-13-11-6-4-8-14-15(10)11/h4,6,8-9,12H,3,7H2,1H3. The van der Waals surface area contributed by atoms with Crippen LogP contribution in [0.1, 0.15) is 12.1 Å². The summed E-state index contributed by atoms with van der Waals surface area (Å²) in [6.07, 6.45) is 4.30. The number of hydrogen-bond acceptors (Lipinski definition) is 3. The quantitative estimate of drug-likeness (QED) is 0.573. The van der Waals surface area contributed by atoms with Crippen molar-refractivity contribution in [2.45, 2.75) is 6.42 Å². The Labute approximate surface area is 88.3 Å². The maximum Gasteiger partial charge on any atom is 0.154 e. The van der Waals surface area contributed by atoms with Crippen molar-refractivity contribution in [3.05, 3.63) is 30.2 Å². The van der Waals surface area contributed by atoms with Crippen LogP contribution in [-0.2, 0) is 0 Å². The van der Waals surface area contributed by atoms with Crippen molar-refractivity contribution in [1.82, 2.24) is 19.9 Å². The van der Waals surface area contributed by atoms with Gasteiger partial charge in [-0.3, -0.25) is 0 Å². The van der Waals surface area contributed by atoms with E-state index in [1.165, 1.54) is 0 Å². The lowest BCUT2D eigenvalue weighted by atomic mass is 10.4. The molecule has 0 radical (unpaired) electrons. The summed E-state index contributed by atoms with van der Waals surface area (Å²) in [6.45, 7) is 0.900. The molecular formula is C11H12N4. The van der Waals surface area contributed by atoms with Crippen LogP contribution in [0, 0.1) is 11.8 Å². The summed E-state index contributed by atoms with van der Waals surface area (Å²) in [5.41, 5.74) is 1.66. The lowest BCUT2D eigenvalue weighted by Crippen LogP contribution is -2.05. The number of rotatable bonds is 2. The average molecular weight is 200 g/mol. The maximum absolute atomic E-state index is 4.20. The van der Waals surface area contributed by atoms with Crippen LogP contribution in [-0.4, -0.2) is 28.2 Å². The second-order valence-corrected chi connectivity index (χ2v) is 3.09. The zero-order chi connectivity index (χ0) is 10.5. The fourth-order valence-electron chi connectivity index (χ4n) is 1.26. The van der Waals surface area contributed by atoms with Crippen molar-refractivity contribution >= 4 is 5.65 Å². The number of nitrogens with zero attached hydrogens (tertiary/aromatic N) is 3. The Balaban J connectivity index is 2.23. The molecule has 0 saturated heterocycles. The van der Waals surface area contributed by atoms with Gasteiger partial charge in [-0.05, 0) is 25.1 Å². The van der Waals surface area contributed by atoms with Crippen LogP contribution in [0.25, 0.3) is 5.65 Å². The Hall–Kier alpha value is -1.86. The van der Waals surface area contributed by atoms with Crippen LogP contribution >= 0.6 is 0 Å². The summed E-state index contributed by atoms with van der Waals surface area (Å²) < 4.78 is 1.74. The molecule has 0 fully saturated rings. The van der Waals surface area contributed by atoms with Gasteiger partial charge in [0.2, 0.25) is 0 Å². The Kier molecular flexibility index (Phi) is 2.96. The predicted octanol–water partition coefficient (Wildman–Crippen LogP) is 0.690. The normalized spacial score (nSPS) is 9.93. The molecule has 0 saturated carbocycles. The molecule has 4 nitrogen and oxygen atoms in total. The van der Waals surface area contributed by atoms with Gasteiger partial charge in [0.1, 0.15) is 5.69 Å². The molecule has 0 unspecified atom stereocenters. The van der Waals surface area contributed by atoms with E-state index in [4.69, 9.17) is 0 Å². The molecule has 4 heteroatoms. The molecule has 0 spiro atoms. The SMILES string of the molecule is CNCCC#Cc1cnc2cccnn12. The van der Waals surface area contributed by atoms with Gasteiger partial charge < -0.3 is 5.32 Å². The number of nitrogens with one attached hydrogen (secondary N) is 1. The van der Waals surface area contributed by atoms with Gasteiger partial charge in [-0.25, -0.2) is 9.50 Å². The number of aromatic nitrogens is 3. The van der Waals surface area contributed by atoms with E-state index in [1.54, 1.807) is 16.9 Å². The van der Waals surface area contributed by atoms with E-state index in [9.17, 15) is 0 Å². The van der Waals surface area contributed by atoms with Crippen molar-refractivity contribution in [2.24, 2.45) is 0 Å². The van der Waals surface area contributed by atoms with Crippen LogP contribution in [0.5, 0.6) is 0 Å². The Morgan fingerprint density at radius 1 is 1.53 bits per heavy atom. The number of fused-ring (bicyclic) bond motifs is 1. The summed E-state index contributed by atoms with van der Waals surface area (Å²) in [5, 5.41) is 7.22. The van der Waals surface area contributed by atoms with Gasteiger partial charge in [0.15, 0.2) is 5.65 Å². The van der Waals surface area contributed by atoms with Crippen molar-refractivity contribution < 1.29 is 0 Å². The average Bonchev–Trinajstić information content (AvgIpc) is 2.68. The van der Waals surface area contributed by atoms with E-state index in [0.717, 1.165) is 24.3 Å². The first-order chi connectivity index (χ1) is 7.42. The third-order valence-corrected chi connectivity index (χ3v) is 1.99. The molecule has 0 aliphatic rings. The lowest BCUT2D eigenvalue weighted by molar-refractivity contribution is 0.818. The molecular weight excluding hydrogens is 188 g/mol. The molecule has 0 aliphatic carbocycles. The second kappa shape index (κ2) is 4.58. The second-order valence-electron chi connectivity index (χ2n) is 3.09. The van der Waals surface area contributed by atoms with Gasteiger partial charge in [-0.2, -0.15) is 5.10 Å². The molecule has 0 aromatic carbocycles. The van der Waals surface area contributed by atoms with Crippen molar-refractivity contribution in [2.75, 3.05) is 13.6 Å². The van der Waals surface area contributed by atoms with E-state index in [0.29, 0.717) is 0 Å². The molecule has 15 heavy (non-hydrogen) atoms. The highest BCUT2D eigenvalue weighted by Gasteiger charge is 1.98. The molecule has 2 aromatic rings. The Bertz CT molecular complexity index is 504. The first-order valence-electron chi connectivity index (χ1n) is 4.84. The molecule has 1 N–H and O–H groups in total. The predicted molar refractivity (Wildman–Crippen MR) is 58.4 cm³/mol. The minimum Gasteiger partial charge on any atom is -0.319 e. The molecule has 2 rings (SSSR count). The fourth-order valence-corrected chi connectivity index (χ4v) is 1.26. The zero-order valence-corrected chi connectivity index (χ0v) is 8.57. The highest BCUT2D eigenvalue weighted by Crippen LogP contribution is 2.01. The highest BCUT2D eigenvalue weighted by atomic mass is 15.2. The van der Waals surface area contributed by atoms with Gasteiger partial charge in [0, 0.05) is 19.2 Å². The third-order valence-electron chi connectivity index (χ3n) is 1.99. The molecule has 0 amide bonds. The van der Waals surface area contributed by atoms with E-state index in [2.05, 4.69) is 27.2 Å². The molecule has 0 atom stereocenters. The molecule has 2 aromatic heterocycles. The third kappa shape index (κ3) is 2.14. The molecule has 2 heterocycles. The summed E-state index contributed by atoms with van der Waals surface area (Å²) in [5.74, 6) is 6.12. The smallest absolute Gasteiger partial charge is 0.154 e. The summed E-state index contributed by atoms with van der Waals surface area (Å²) in [4.78, 5) is 4.20. The van der Waals surface area contributed by atoms with E-state index in [1.807, 2.05) is 19.2 Å². The minimum absolute atomic E-state index is 0.829. The first kappa shape index (κ1) is 9.69. The number of imidazole rings is 1. The number of hydrogen-bond donors (Lipinski definition) is 1. The van der Waals surface area contributed by atoms with Crippen LogP contribution in [0.2, 0.25) is 0 Å².